The van der Waals surface area contributed by atoms with Crippen molar-refractivity contribution in [2.24, 2.45) is 0 Å². The smallest absolute Gasteiger partial charge is 0.480 e. The molecule has 1 saturated carbocycles. The third kappa shape index (κ3) is 33.8. The van der Waals surface area contributed by atoms with E-state index in [9.17, 15) is 59.1 Å². The minimum Gasteiger partial charge on any atom is -0.480 e. The maximum Gasteiger partial charge on any atom is 0.513 e. The Hall–Kier alpha value is -6.34. The van der Waals surface area contributed by atoms with Crippen molar-refractivity contribution < 1.29 is 121 Å². The van der Waals surface area contributed by atoms with Crippen LogP contribution in [0.4, 0.5) is 10.5 Å². The van der Waals surface area contributed by atoms with E-state index in [1.165, 1.54) is 34.1 Å². The van der Waals surface area contributed by atoms with Crippen molar-refractivity contribution in [3.8, 4) is 5.75 Å². The number of carbonyl (C=O) groups is 7. The summed E-state index contributed by atoms with van der Waals surface area (Å²) in [6.07, 6.45) is 1.14. The molecule has 1 amide bonds. The number of hydrogen-bond acceptors (Lipinski definition) is 24. The van der Waals surface area contributed by atoms with Crippen LogP contribution in [0.15, 0.2) is 48.5 Å². The van der Waals surface area contributed by atoms with Crippen molar-refractivity contribution >= 4 is 64.9 Å². The predicted molar refractivity (Wildman–Crippen MR) is 294 cm³/mol. The van der Waals surface area contributed by atoms with Gasteiger partial charge in [-0.25, -0.2) is 4.79 Å². The molecule has 0 heterocycles. The van der Waals surface area contributed by atoms with Crippen LogP contribution in [0.3, 0.4) is 0 Å². The fourth-order valence-corrected chi connectivity index (χ4v) is 8.44. The number of nitrogens with one attached hydrogen (secondary N) is 3. The lowest BCUT2D eigenvalue weighted by atomic mass is 9.87. The molecular weight excluding hydrogens is 1140 g/mol. The zero-order valence-corrected chi connectivity index (χ0v) is 47.6. The predicted octanol–water partition coefficient (Wildman–Crippen LogP) is 1.33. The number of benzene rings is 2. The van der Waals surface area contributed by atoms with Gasteiger partial charge >= 0.3 is 36.0 Å². The van der Waals surface area contributed by atoms with Gasteiger partial charge in [-0.1, -0.05) is 25.0 Å². The fraction of sp³-hybridized carbons (Fsp3) is 0.615. The number of nitrogens with zero attached hydrogens (tertiary/aromatic N) is 3. The molecule has 0 unspecified atom stereocenters. The van der Waals surface area contributed by atoms with Gasteiger partial charge in [-0.05, 0) is 80.4 Å². The Morgan fingerprint density at radius 2 is 0.988 bits per heavy atom. The summed E-state index contributed by atoms with van der Waals surface area (Å²) in [6.45, 7) is 0.358. The number of hydrogen-bond donors (Lipinski definition) is 8. The van der Waals surface area contributed by atoms with Gasteiger partial charge in [0.05, 0.1) is 65.8 Å². The molecule has 0 bridgehead atoms. The Labute approximate surface area is 490 Å². The minimum atomic E-state index is -1.31. The third-order valence-corrected chi connectivity index (χ3v) is 12.0. The first-order chi connectivity index (χ1) is 40.5. The summed E-state index contributed by atoms with van der Waals surface area (Å²) in [5.74, 6) is -6.60. The number of amides is 1. The summed E-state index contributed by atoms with van der Waals surface area (Å²) in [5, 5.41) is 57.7. The number of aliphatic carboxylic acids is 5. The van der Waals surface area contributed by atoms with Crippen LogP contribution in [0.2, 0.25) is 0 Å². The second-order valence-corrected chi connectivity index (χ2v) is 18.4. The third-order valence-electron chi connectivity index (χ3n) is 11.7. The highest BCUT2D eigenvalue weighted by atomic mass is 32.1. The highest BCUT2D eigenvalue weighted by Gasteiger charge is 2.38. The van der Waals surface area contributed by atoms with E-state index in [0.29, 0.717) is 49.1 Å². The summed E-state index contributed by atoms with van der Waals surface area (Å²) >= 11 is 5.41. The molecule has 3 atom stereocenters. The monoisotopic (exact) mass is 1220 g/mol. The molecule has 84 heavy (non-hydrogen) atoms. The fourth-order valence-electron chi connectivity index (χ4n) is 8.22. The summed E-state index contributed by atoms with van der Waals surface area (Å²) in [5.41, 5.74) is 1.52. The Morgan fingerprint density at radius 3 is 1.50 bits per heavy atom. The largest absolute Gasteiger partial charge is 0.513 e. The van der Waals surface area contributed by atoms with Crippen LogP contribution in [0.1, 0.15) is 48.5 Å². The van der Waals surface area contributed by atoms with Crippen LogP contribution in [-0.2, 0) is 87.2 Å². The molecule has 8 N–H and O–H groups in total. The van der Waals surface area contributed by atoms with Gasteiger partial charge in [-0.2, -0.15) is 0 Å². The number of rotatable bonds is 49. The van der Waals surface area contributed by atoms with E-state index in [1.54, 1.807) is 29.2 Å². The molecule has 472 valence electrons. The molecule has 1 aliphatic carbocycles. The van der Waals surface area contributed by atoms with Crippen molar-refractivity contribution in [1.82, 2.24) is 25.3 Å². The number of carboxylic acid groups (broad SMARTS) is 5. The average molecular weight is 1220 g/mol. The van der Waals surface area contributed by atoms with Crippen LogP contribution >= 0.6 is 12.2 Å². The molecule has 2 aromatic carbocycles. The zero-order chi connectivity index (χ0) is 61.2. The maximum atomic E-state index is 12.5. The molecule has 2 aromatic rings. The summed E-state index contributed by atoms with van der Waals surface area (Å²) < 4.78 is 67.0. The second kappa shape index (κ2) is 44.2. The minimum absolute atomic E-state index is 0.0131. The van der Waals surface area contributed by atoms with Crippen LogP contribution < -0.4 is 20.7 Å². The van der Waals surface area contributed by atoms with E-state index in [2.05, 4.69) is 16.0 Å². The molecule has 0 spiro atoms. The topological polar surface area (TPSA) is 386 Å². The lowest BCUT2D eigenvalue weighted by molar-refractivity contribution is -0.226. The van der Waals surface area contributed by atoms with Crippen molar-refractivity contribution in [1.29, 1.82) is 0 Å². The van der Waals surface area contributed by atoms with Crippen LogP contribution in [-0.4, -0.2) is 258 Å². The lowest BCUT2D eigenvalue weighted by Gasteiger charge is -2.45. The Bertz CT molecular complexity index is 2210. The van der Waals surface area contributed by atoms with Crippen molar-refractivity contribution in [2.75, 3.05) is 158 Å². The number of carboxylic acids is 5. The molecule has 31 nitrogen and oxygen atoms in total. The van der Waals surface area contributed by atoms with E-state index in [0.717, 1.165) is 0 Å². The number of ether oxygens (including phenoxy) is 13. The zero-order valence-electron chi connectivity index (χ0n) is 46.8. The van der Waals surface area contributed by atoms with Crippen molar-refractivity contribution in [3.05, 3.63) is 59.7 Å². The van der Waals surface area contributed by atoms with E-state index in [-0.39, 0.29) is 137 Å². The molecular formula is C52H78N6O25S. The second-order valence-electron chi connectivity index (χ2n) is 18.0. The van der Waals surface area contributed by atoms with Crippen LogP contribution in [0, 0.1) is 0 Å². The van der Waals surface area contributed by atoms with Gasteiger partial charge in [0.2, 0.25) is 0 Å². The average Bonchev–Trinajstić information content (AvgIpc) is 3.63. The van der Waals surface area contributed by atoms with E-state index < -0.39 is 86.9 Å². The van der Waals surface area contributed by atoms with Crippen molar-refractivity contribution in [3.63, 3.8) is 0 Å². The highest BCUT2D eigenvalue weighted by molar-refractivity contribution is 7.80. The molecule has 0 radical (unpaired) electrons. The van der Waals surface area contributed by atoms with Gasteiger partial charge in [-0.3, -0.25) is 43.5 Å². The Kier molecular flexibility index (Phi) is 37.8. The summed E-state index contributed by atoms with van der Waals surface area (Å²) in [4.78, 5) is 88.7. The van der Waals surface area contributed by atoms with Crippen LogP contribution in [0.5, 0.6) is 5.75 Å². The molecule has 0 aliphatic heterocycles. The van der Waals surface area contributed by atoms with Gasteiger partial charge in [0.15, 0.2) is 45.9 Å². The number of thiocarbonyl (C=S) groups is 1. The first-order valence-electron chi connectivity index (χ1n) is 26.6. The quantitative estimate of drug-likeness (QED) is 0.0152. The lowest BCUT2D eigenvalue weighted by Crippen LogP contribution is -2.59. The summed E-state index contributed by atoms with van der Waals surface area (Å²) in [6, 6.07) is 10.5. The standard InChI is InChI=1S/C52H78N6O25S/c1-2-71-30-75-32-77-34-79-36-81-37-80-35-78-33-76-31-74-20-19-72-17-15-53-50(69)39-9-13-42(14-10-39)83-52(70)82-22-21-73-18-16-54-51(84)55-40-11-7-38(8-12-40)23-41(56(25-45(59)60)26-46(61)62)24-57(27-47(63)64)43-5-3-4-6-44(43)58(28-48(65)66)29-49(67)68/h7-14,41,43-44H,2-6,15-37H2,1H3,(H,53,69)(H,59,60)(H,61,62)(H,63,64)(H,65,66)(H,67,68)(H2,54,55,84)/t41-,43+,44+/m0/s1. The number of carbonyl (C=O) groups excluding carboxylic acids is 2. The van der Waals surface area contributed by atoms with E-state index in [1.807, 2.05) is 6.92 Å². The maximum absolute atomic E-state index is 12.5. The van der Waals surface area contributed by atoms with Crippen molar-refractivity contribution in [2.45, 2.75) is 57.2 Å². The molecule has 32 heteroatoms. The van der Waals surface area contributed by atoms with Gasteiger partial charge < -0.3 is 103 Å². The first-order valence-corrected chi connectivity index (χ1v) is 27.0. The summed E-state index contributed by atoms with van der Waals surface area (Å²) in [7, 11) is 0. The highest BCUT2D eigenvalue weighted by Crippen LogP contribution is 2.29. The Morgan fingerprint density at radius 1 is 0.536 bits per heavy atom. The number of anilines is 1. The first kappa shape index (κ1) is 71.9. The molecule has 0 aromatic heterocycles. The molecule has 1 aliphatic rings. The van der Waals surface area contributed by atoms with Crippen LogP contribution in [0.25, 0.3) is 0 Å². The Balaban J connectivity index is 1.29. The molecule has 0 saturated heterocycles. The van der Waals surface area contributed by atoms with Gasteiger partial charge in [0, 0.05) is 55.6 Å². The van der Waals surface area contributed by atoms with Gasteiger partial charge in [0.25, 0.3) is 5.91 Å². The van der Waals surface area contributed by atoms with Gasteiger partial charge in [0.1, 0.15) is 25.9 Å². The van der Waals surface area contributed by atoms with E-state index >= 15 is 0 Å². The van der Waals surface area contributed by atoms with Gasteiger partial charge in [-0.15, -0.1) is 0 Å². The molecule has 1 fully saturated rings. The SMILES string of the molecule is CCOCOCOCOCOCOCOCOCOCCOCCNC(=O)c1ccc(OC(=O)OCCOCCNC(=S)Nc2ccc(C[C@@H](CN(CC(=O)O)[C@@H]3CCCC[C@H]3N(CC(=O)O)CC(=O)O)N(CC(=O)O)CC(=O)O)cc2)cc1. The normalized spacial score (nSPS) is 14.5. The molecule has 3 rings (SSSR count). The van der Waals surface area contributed by atoms with E-state index in [4.69, 9.17) is 73.8 Å².